The second-order valence-corrected chi connectivity index (χ2v) is 7.21. The van der Waals surface area contributed by atoms with Crippen molar-refractivity contribution < 1.29 is 0 Å². The molecule has 0 saturated heterocycles. The molecule has 2 nitrogen and oxygen atoms in total. The summed E-state index contributed by atoms with van der Waals surface area (Å²) in [6, 6.07) is 12.7. The highest BCUT2D eigenvalue weighted by molar-refractivity contribution is 9.10. The van der Waals surface area contributed by atoms with Gasteiger partial charge in [-0.15, -0.1) is 0 Å². The van der Waals surface area contributed by atoms with Crippen LogP contribution >= 0.6 is 15.9 Å². The number of pyridine rings is 1. The van der Waals surface area contributed by atoms with E-state index in [0.717, 1.165) is 26.8 Å². The molecule has 0 aliphatic heterocycles. The van der Waals surface area contributed by atoms with E-state index in [9.17, 15) is 0 Å². The normalized spacial score (nSPS) is 12.0. The number of hydrogen-bond acceptors (Lipinski definition) is 2. The van der Waals surface area contributed by atoms with Gasteiger partial charge in [0, 0.05) is 39.1 Å². The molecule has 1 N–H and O–H groups in total. The number of nitrogens with one attached hydrogen (secondary N) is 1. The third-order valence-electron chi connectivity index (χ3n) is 3.81. The first-order chi connectivity index (χ1) is 9.91. The lowest BCUT2D eigenvalue weighted by Crippen LogP contribution is -2.14. The number of nitrogens with zero attached hydrogens (tertiary/aromatic N) is 1. The topological polar surface area (TPSA) is 24.9 Å². The molecule has 0 fully saturated rings. The molecule has 0 bridgehead atoms. The van der Waals surface area contributed by atoms with Crippen LogP contribution in [0.3, 0.4) is 0 Å². The quantitative estimate of drug-likeness (QED) is 0.591. The number of rotatable bonds is 1. The summed E-state index contributed by atoms with van der Waals surface area (Å²) >= 11 is 3.68. The molecule has 0 amide bonds. The Bertz CT molecular complexity index is 832. The Morgan fingerprint density at radius 2 is 1.67 bits per heavy atom. The Labute approximate surface area is 133 Å². The first-order valence-electron chi connectivity index (χ1n) is 7.12. The van der Waals surface area contributed by atoms with Gasteiger partial charge in [-0.2, -0.15) is 0 Å². The van der Waals surface area contributed by atoms with E-state index in [2.05, 4.69) is 78.4 Å². The van der Waals surface area contributed by atoms with E-state index in [1.54, 1.807) is 0 Å². The molecule has 1 aromatic heterocycles. The molecule has 0 unspecified atom stereocenters. The van der Waals surface area contributed by atoms with Crippen LogP contribution in [0.1, 0.15) is 26.5 Å². The smallest absolute Gasteiger partial charge is 0.0805 e. The van der Waals surface area contributed by atoms with E-state index in [4.69, 9.17) is 4.98 Å². The fourth-order valence-corrected chi connectivity index (χ4v) is 3.17. The van der Waals surface area contributed by atoms with Crippen molar-refractivity contribution in [1.29, 1.82) is 0 Å². The van der Waals surface area contributed by atoms with E-state index in [1.165, 1.54) is 10.8 Å². The molecule has 0 spiro atoms. The van der Waals surface area contributed by atoms with Gasteiger partial charge in [0.25, 0.3) is 0 Å². The molecule has 21 heavy (non-hydrogen) atoms. The van der Waals surface area contributed by atoms with Crippen molar-refractivity contribution in [2.24, 2.45) is 0 Å². The van der Waals surface area contributed by atoms with Gasteiger partial charge in [0.05, 0.1) is 5.52 Å². The molecule has 0 radical (unpaired) electrons. The highest BCUT2D eigenvalue weighted by Gasteiger charge is 2.19. The molecule has 3 aromatic rings. The fourth-order valence-electron chi connectivity index (χ4n) is 2.60. The van der Waals surface area contributed by atoms with E-state index in [-0.39, 0.29) is 5.41 Å². The van der Waals surface area contributed by atoms with Gasteiger partial charge in [-0.3, -0.25) is 4.98 Å². The van der Waals surface area contributed by atoms with E-state index in [0.29, 0.717) is 0 Å². The van der Waals surface area contributed by atoms with Crippen molar-refractivity contribution >= 4 is 43.3 Å². The first kappa shape index (κ1) is 14.3. The Morgan fingerprint density at radius 3 is 2.29 bits per heavy atom. The Hall–Kier alpha value is -1.61. The van der Waals surface area contributed by atoms with E-state index >= 15 is 0 Å². The zero-order valence-corrected chi connectivity index (χ0v) is 14.4. The summed E-state index contributed by atoms with van der Waals surface area (Å²) in [5.74, 6) is 0. The maximum atomic E-state index is 4.96. The SMILES string of the molecule is CNc1cc(C(C)(C)C)nc2c1cc(Br)c1ccccc12. The summed E-state index contributed by atoms with van der Waals surface area (Å²) in [7, 11) is 1.96. The number of hydrogen-bond donors (Lipinski definition) is 1. The molecule has 3 rings (SSSR count). The third kappa shape index (κ3) is 2.40. The van der Waals surface area contributed by atoms with Crippen molar-refractivity contribution in [2.45, 2.75) is 26.2 Å². The number of fused-ring (bicyclic) bond motifs is 3. The Balaban J connectivity index is 2.51. The van der Waals surface area contributed by atoms with Crippen LogP contribution in [0.5, 0.6) is 0 Å². The molecule has 108 valence electrons. The van der Waals surface area contributed by atoms with Gasteiger partial charge in [0.1, 0.15) is 0 Å². The lowest BCUT2D eigenvalue weighted by Gasteiger charge is -2.21. The predicted molar refractivity (Wildman–Crippen MR) is 95.2 cm³/mol. The van der Waals surface area contributed by atoms with Crippen LogP contribution in [0.25, 0.3) is 21.7 Å². The Morgan fingerprint density at radius 1 is 1.00 bits per heavy atom. The zero-order chi connectivity index (χ0) is 15.2. The van der Waals surface area contributed by atoms with Crippen LogP contribution in [-0.2, 0) is 5.41 Å². The molecule has 2 aromatic carbocycles. The maximum Gasteiger partial charge on any atom is 0.0805 e. The second kappa shape index (κ2) is 4.99. The van der Waals surface area contributed by atoms with Gasteiger partial charge in [-0.25, -0.2) is 0 Å². The van der Waals surface area contributed by atoms with Crippen molar-refractivity contribution in [3.63, 3.8) is 0 Å². The molecule has 0 aliphatic rings. The molecule has 1 heterocycles. The second-order valence-electron chi connectivity index (χ2n) is 6.36. The minimum absolute atomic E-state index is 0.0218. The zero-order valence-electron chi connectivity index (χ0n) is 12.8. The third-order valence-corrected chi connectivity index (χ3v) is 4.46. The van der Waals surface area contributed by atoms with Crippen molar-refractivity contribution in [1.82, 2.24) is 4.98 Å². The van der Waals surface area contributed by atoms with Crippen LogP contribution < -0.4 is 5.32 Å². The highest BCUT2D eigenvalue weighted by atomic mass is 79.9. The minimum atomic E-state index is 0.0218. The predicted octanol–water partition coefficient (Wildman–Crippen LogP) is 5.49. The maximum absolute atomic E-state index is 4.96. The van der Waals surface area contributed by atoms with Gasteiger partial charge in [0.15, 0.2) is 0 Å². The van der Waals surface area contributed by atoms with Gasteiger partial charge in [-0.05, 0) is 17.5 Å². The molecule has 0 aliphatic carbocycles. The van der Waals surface area contributed by atoms with Gasteiger partial charge in [0.2, 0.25) is 0 Å². The number of halogens is 1. The summed E-state index contributed by atoms with van der Waals surface area (Å²) in [4.78, 5) is 4.96. The minimum Gasteiger partial charge on any atom is -0.388 e. The summed E-state index contributed by atoms with van der Waals surface area (Å²) in [5, 5.41) is 6.85. The summed E-state index contributed by atoms with van der Waals surface area (Å²) in [5.41, 5.74) is 3.31. The average molecular weight is 343 g/mol. The largest absolute Gasteiger partial charge is 0.388 e. The number of aromatic nitrogens is 1. The molecule has 0 saturated carbocycles. The van der Waals surface area contributed by atoms with Gasteiger partial charge in [-0.1, -0.05) is 61.0 Å². The van der Waals surface area contributed by atoms with Crippen LogP contribution in [-0.4, -0.2) is 12.0 Å². The molecular weight excluding hydrogens is 324 g/mol. The van der Waals surface area contributed by atoms with Crippen molar-refractivity contribution in [2.75, 3.05) is 12.4 Å². The first-order valence-corrected chi connectivity index (χ1v) is 7.91. The summed E-state index contributed by atoms with van der Waals surface area (Å²) in [6.07, 6.45) is 0. The number of anilines is 1. The van der Waals surface area contributed by atoms with Crippen LogP contribution in [0.4, 0.5) is 5.69 Å². The van der Waals surface area contributed by atoms with Gasteiger partial charge >= 0.3 is 0 Å². The van der Waals surface area contributed by atoms with E-state index in [1.807, 2.05) is 7.05 Å². The molecular formula is C18H19BrN2. The van der Waals surface area contributed by atoms with Crippen LogP contribution in [0.2, 0.25) is 0 Å². The number of benzene rings is 2. The summed E-state index contributed by atoms with van der Waals surface area (Å²) < 4.78 is 1.10. The Kier molecular flexibility index (Phi) is 3.40. The summed E-state index contributed by atoms with van der Waals surface area (Å²) in [6.45, 7) is 6.59. The van der Waals surface area contributed by atoms with E-state index < -0.39 is 0 Å². The molecule has 3 heteroatoms. The van der Waals surface area contributed by atoms with Crippen molar-refractivity contribution in [3.8, 4) is 0 Å². The highest BCUT2D eigenvalue weighted by Crippen LogP contribution is 2.36. The molecule has 0 atom stereocenters. The van der Waals surface area contributed by atoms with Crippen molar-refractivity contribution in [3.05, 3.63) is 46.6 Å². The van der Waals surface area contributed by atoms with Crippen LogP contribution in [0.15, 0.2) is 40.9 Å². The van der Waals surface area contributed by atoms with Gasteiger partial charge < -0.3 is 5.32 Å². The lowest BCUT2D eigenvalue weighted by molar-refractivity contribution is 0.572. The standard InChI is InChI=1S/C18H19BrN2/c1-18(2,3)16-10-15(20-4)13-9-14(19)11-7-5-6-8-12(11)17(13)21-16/h5-10H,1-4H3,(H,20,21). The monoisotopic (exact) mass is 342 g/mol. The average Bonchev–Trinajstić information content (AvgIpc) is 2.46. The van der Waals surface area contributed by atoms with Crippen LogP contribution in [0, 0.1) is 0 Å². The fraction of sp³-hybridized carbons (Fsp3) is 0.278. The lowest BCUT2D eigenvalue weighted by atomic mass is 9.90.